The minimum Gasteiger partial charge on any atom is -0.366 e. The van der Waals surface area contributed by atoms with Crippen molar-refractivity contribution in [2.45, 2.75) is 13.5 Å². The second-order valence-corrected chi connectivity index (χ2v) is 5.89. The summed E-state index contributed by atoms with van der Waals surface area (Å²) in [4.78, 5) is 13.4. The molecule has 1 saturated heterocycles. The van der Waals surface area contributed by atoms with Gasteiger partial charge in [0.25, 0.3) is 0 Å². The van der Waals surface area contributed by atoms with Gasteiger partial charge in [0.2, 0.25) is 0 Å². The Kier molecular flexibility index (Phi) is 4.53. The van der Waals surface area contributed by atoms with E-state index in [0.29, 0.717) is 0 Å². The molecule has 2 aromatic rings. The van der Waals surface area contributed by atoms with Gasteiger partial charge in [0, 0.05) is 38.8 Å². The fourth-order valence-electron chi connectivity index (χ4n) is 2.55. The van der Waals surface area contributed by atoms with Gasteiger partial charge in [-0.25, -0.2) is 9.97 Å². The van der Waals surface area contributed by atoms with Crippen molar-refractivity contribution in [3.63, 3.8) is 0 Å². The summed E-state index contributed by atoms with van der Waals surface area (Å²) in [6.45, 7) is 7.07. The third-order valence-electron chi connectivity index (χ3n) is 4.07. The fraction of sp³-hybridized carbons (Fsp3) is 0.412. The first kappa shape index (κ1) is 14.8. The van der Waals surface area contributed by atoms with E-state index in [9.17, 15) is 0 Å². The lowest BCUT2D eigenvalue weighted by Gasteiger charge is -2.33. The number of hydrogen-bond donors (Lipinski definition) is 1. The van der Waals surface area contributed by atoms with Crippen LogP contribution in [0.1, 0.15) is 11.1 Å². The Morgan fingerprint density at radius 3 is 2.50 bits per heavy atom. The number of hydrogen-bond acceptors (Lipinski definition) is 5. The summed E-state index contributed by atoms with van der Waals surface area (Å²) in [6, 6.07) is 10.6. The average Bonchev–Trinajstić information content (AvgIpc) is 2.55. The third kappa shape index (κ3) is 3.74. The van der Waals surface area contributed by atoms with Gasteiger partial charge in [-0.2, -0.15) is 0 Å². The summed E-state index contributed by atoms with van der Waals surface area (Å²) >= 11 is 0. The summed E-state index contributed by atoms with van der Waals surface area (Å²) in [5, 5.41) is 3.38. The van der Waals surface area contributed by atoms with Crippen LogP contribution >= 0.6 is 0 Å². The number of likely N-dealkylation sites (N-methyl/N-ethyl adjacent to an activating group) is 1. The van der Waals surface area contributed by atoms with Gasteiger partial charge in [-0.1, -0.05) is 29.8 Å². The van der Waals surface area contributed by atoms with Crippen LogP contribution in [0, 0.1) is 6.92 Å². The first-order chi connectivity index (χ1) is 10.7. The highest BCUT2D eigenvalue weighted by Crippen LogP contribution is 2.16. The molecule has 0 amide bonds. The zero-order chi connectivity index (χ0) is 15.4. The van der Waals surface area contributed by atoms with Crippen molar-refractivity contribution in [2.75, 3.05) is 43.4 Å². The Morgan fingerprint density at radius 1 is 1.05 bits per heavy atom. The Bertz CT molecular complexity index is 603. The quantitative estimate of drug-likeness (QED) is 0.937. The molecule has 0 spiro atoms. The van der Waals surface area contributed by atoms with Crippen molar-refractivity contribution in [1.82, 2.24) is 14.9 Å². The van der Waals surface area contributed by atoms with Gasteiger partial charge < -0.3 is 15.1 Å². The van der Waals surface area contributed by atoms with Gasteiger partial charge in [-0.3, -0.25) is 0 Å². The molecule has 5 heteroatoms. The van der Waals surface area contributed by atoms with Crippen LogP contribution in [0.2, 0.25) is 0 Å². The minimum atomic E-state index is 0.777. The maximum absolute atomic E-state index is 4.41. The van der Waals surface area contributed by atoms with E-state index in [4.69, 9.17) is 0 Å². The number of piperazine rings is 1. The lowest BCUT2D eigenvalue weighted by atomic mass is 10.1. The third-order valence-corrected chi connectivity index (χ3v) is 4.07. The molecule has 1 aliphatic rings. The molecule has 1 aromatic heterocycles. The molecule has 22 heavy (non-hydrogen) atoms. The number of anilines is 2. The van der Waals surface area contributed by atoms with Crippen molar-refractivity contribution >= 4 is 11.6 Å². The van der Waals surface area contributed by atoms with Gasteiger partial charge in [0.05, 0.1) is 0 Å². The van der Waals surface area contributed by atoms with E-state index in [1.165, 1.54) is 11.1 Å². The van der Waals surface area contributed by atoms with Crippen LogP contribution in [0.5, 0.6) is 0 Å². The van der Waals surface area contributed by atoms with E-state index in [2.05, 4.69) is 63.3 Å². The van der Waals surface area contributed by atoms with E-state index < -0.39 is 0 Å². The summed E-state index contributed by atoms with van der Waals surface area (Å²) in [5.74, 6) is 1.89. The fourth-order valence-corrected chi connectivity index (χ4v) is 2.55. The zero-order valence-corrected chi connectivity index (χ0v) is 13.3. The van der Waals surface area contributed by atoms with Crippen molar-refractivity contribution in [1.29, 1.82) is 0 Å². The second-order valence-electron chi connectivity index (χ2n) is 5.89. The molecular weight excluding hydrogens is 274 g/mol. The molecule has 0 radical (unpaired) electrons. The van der Waals surface area contributed by atoms with Gasteiger partial charge in [0.15, 0.2) is 0 Å². The molecule has 1 aromatic carbocycles. The SMILES string of the molecule is Cc1ccc(CNc2cc(N3CCN(C)CC3)ncn2)cc1. The summed E-state index contributed by atoms with van der Waals surface area (Å²) in [7, 11) is 2.16. The van der Waals surface area contributed by atoms with E-state index in [0.717, 1.165) is 44.4 Å². The van der Waals surface area contributed by atoms with Crippen LogP contribution in [-0.2, 0) is 6.54 Å². The largest absolute Gasteiger partial charge is 0.366 e. The topological polar surface area (TPSA) is 44.3 Å². The minimum absolute atomic E-state index is 0.777. The molecule has 1 fully saturated rings. The number of nitrogens with one attached hydrogen (secondary N) is 1. The Hall–Kier alpha value is -2.14. The number of nitrogens with zero attached hydrogens (tertiary/aromatic N) is 4. The van der Waals surface area contributed by atoms with Crippen LogP contribution in [0.3, 0.4) is 0 Å². The normalized spacial score (nSPS) is 15.8. The standard InChI is InChI=1S/C17H23N5/c1-14-3-5-15(6-4-14)12-18-16-11-17(20-13-19-16)22-9-7-21(2)8-10-22/h3-6,11,13H,7-10,12H2,1-2H3,(H,18,19,20). The van der Waals surface area contributed by atoms with Gasteiger partial charge in [0.1, 0.15) is 18.0 Å². The molecule has 0 atom stereocenters. The van der Waals surface area contributed by atoms with E-state index in [-0.39, 0.29) is 0 Å². The van der Waals surface area contributed by atoms with Crippen LogP contribution in [-0.4, -0.2) is 48.1 Å². The molecule has 0 bridgehead atoms. The Morgan fingerprint density at radius 2 is 1.77 bits per heavy atom. The average molecular weight is 297 g/mol. The van der Waals surface area contributed by atoms with Crippen LogP contribution < -0.4 is 10.2 Å². The van der Waals surface area contributed by atoms with Gasteiger partial charge >= 0.3 is 0 Å². The molecule has 1 N–H and O–H groups in total. The van der Waals surface area contributed by atoms with E-state index >= 15 is 0 Å². The highest BCUT2D eigenvalue weighted by atomic mass is 15.3. The van der Waals surface area contributed by atoms with Crippen LogP contribution in [0.25, 0.3) is 0 Å². The lowest BCUT2D eigenvalue weighted by Crippen LogP contribution is -2.44. The van der Waals surface area contributed by atoms with E-state index in [1.807, 2.05) is 6.07 Å². The van der Waals surface area contributed by atoms with Crippen molar-refractivity contribution in [3.8, 4) is 0 Å². The molecule has 2 heterocycles. The molecular formula is C17H23N5. The molecule has 0 unspecified atom stereocenters. The monoisotopic (exact) mass is 297 g/mol. The van der Waals surface area contributed by atoms with Gasteiger partial charge in [-0.15, -0.1) is 0 Å². The summed E-state index contributed by atoms with van der Waals surface area (Å²) in [6.07, 6.45) is 1.64. The van der Waals surface area contributed by atoms with Crippen LogP contribution in [0.4, 0.5) is 11.6 Å². The first-order valence-electron chi connectivity index (χ1n) is 7.76. The Balaban J connectivity index is 1.62. The summed E-state index contributed by atoms with van der Waals surface area (Å²) < 4.78 is 0. The number of rotatable bonds is 4. The Labute approximate surface area is 132 Å². The van der Waals surface area contributed by atoms with Crippen molar-refractivity contribution in [2.24, 2.45) is 0 Å². The zero-order valence-electron chi connectivity index (χ0n) is 13.3. The predicted octanol–water partition coefficient (Wildman–Crippen LogP) is 2.15. The van der Waals surface area contributed by atoms with Crippen LogP contribution in [0.15, 0.2) is 36.7 Å². The molecule has 5 nitrogen and oxygen atoms in total. The summed E-state index contributed by atoms with van der Waals surface area (Å²) in [5.41, 5.74) is 2.54. The molecule has 0 saturated carbocycles. The number of aryl methyl sites for hydroxylation is 1. The lowest BCUT2D eigenvalue weighted by molar-refractivity contribution is 0.312. The van der Waals surface area contributed by atoms with Crippen molar-refractivity contribution in [3.05, 3.63) is 47.8 Å². The van der Waals surface area contributed by atoms with E-state index in [1.54, 1.807) is 6.33 Å². The molecule has 1 aliphatic heterocycles. The number of benzene rings is 1. The predicted molar refractivity (Wildman–Crippen MR) is 90.2 cm³/mol. The molecule has 116 valence electrons. The highest BCUT2D eigenvalue weighted by molar-refractivity contribution is 5.49. The number of aromatic nitrogens is 2. The maximum Gasteiger partial charge on any atom is 0.134 e. The maximum atomic E-state index is 4.41. The molecule has 3 rings (SSSR count). The molecule has 0 aliphatic carbocycles. The smallest absolute Gasteiger partial charge is 0.134 e. The van der Waals surface area contributed by atoms with Gasteiger partial charge in [-0.05, 0) is 19.5 Å². The second kappa shape index (κ2) is 6.75. The van der Waals surface area contributed by atoms with Crippen molar-refractivity contribution < 1.29 is 0 Å². The highest BCUT2D eigenvalue weighted by Gasteiger charge is 2.15. The first-order valence-corrected chi connectivity index (χ1v) is 7.76.